The van der Waals surface area contributed by atoms with E-state index in [-0.39, 0.29) is 35.4 Å². The third kappa shape index (κ3) is 4.72. The Labute approximate surface area is 215 Å². The molecule has 0 spiro atoms. The lowest BCUT2D eigenvalue weighted by Crippen LogP contribution is -2.51. The van der Waals surface area contributed by atoms with Gasteiger partial charge in [-0.15, -0.1) is 0 Å². The molecule has 0 bridgehead atoms. The van der Waals surface area contributed by atoms with Crippen LogP contribution in [-0.2, 0) is 14.4 Å². The molecule has 4 unspecified atom stereocenters. The van der Waals surface area contributed by atoms with Crippen molar-refractivity contribution in [3.8, 4) is 0 Å². The van der Waals surface area contributed by atoms with E-state index in [1.165, 1.54) is 24.8 Å². The van der Waals surface area contributed by atoms with Gasteiger partial charge >= 0.3 is 5.97 Å². The predicted molar refractivity (Wildman–Crippen MR) is 137 cm³/mol. The number of rotatable bonds is 6. The molecule has 0 heterocycles. The molecule has 6 atom stereocenters. The number of allylic oxidation sites excluding steroid dienone is 2. The lowest BCUT2D eigenvalue weighted by molar-refractivity contribution is -0.143. The minimum atomic E-state index is -0.702. The highest BCUT2D eigenvalue weighted by atomic mass is 16.6. The molecule has 0 aliphatic heterocycles. The number of carbonyl (C=O) groups excluding carboxylic acids is 1. The maximum absolute atomic E-state index is 12.2. The van der Waals surface area contributed by atoms with Crippen molar-refractivity contribution in [2.75, 3.05) is 13.2 Å². The summed E-state index contributed by atoms with van der Waals surface area (Å²) in [7, 11) is 0. The first kappa shape index (κ1) is 25.7. The molecule has 0 saturated heterocycles. The average Bonchev–Trinajstić information content (AvgIpc) is 3.17. The largest absolute Gasteiger partial charge is 0.481 e. The number of carboxylic acids is 1. The maximum Gasteiger partial charge on any atom is 0.306 e. The summed E-state index contributed by atoms with van der Waals surface area (Å²) in [6.07, 6.45) is 14.0. The van der Waals surface area contributed by atoms with Gasteiger partial charge in [0.05, 0.1) is 17.7 Å². The Morgan fingerprint density at radius 1 is 1.03 bits per heavy atom. The summed E-state index contributed by atoms with van der Waals surface area (Å²) >= 11 is 0. The highest BCUT2D eigenvalue weighted by Crippen LogP contribution is 2.65. The van der Waals surface area contributed by atoms with Gasteiger partial charge in [0.2, 0.25) is 0 Å². The van der Waals surface area contributed by atoms with E-state index >= 15 is 0 Å². The lowest BCUT2D eigenvalue weighted by Gasteiger charge is -2.57. The number of aliphatic carboxylic acids is 1. The first-order chi connectivity index (χ1) is 17.2. The molecule has 4 saturated carbocycles. The number of hydrogen-bond donors (Lipinski definition) is 3. The molecule has 5 rings (SSSR count). The van der Waals surface area contributed by atoms with Crippen LogP contribution in [0.25, 0.3) is 0 Å². The molecule has 3 N–H and O–H groups in total. The van der Waals surface area contributed by atoms with Crippen molar-refractivity contribution < 1.29 is 24.6 Å². The van der Waals surface area contributed by atoms with Crippen molar-refractivity contribution in [3.05, 3.63) is 11.6 Å². The number of hydrogen-bond acceptors (Lipinski definition) is 5. The van der Waals surface area contributed by atoms with Gasteiger partial charge < -0.3 is 20.4 Å². The van der Waals surface area contributed by atoms with E-state index in [0.29, 0.717) is 37.1 Å². The van der Waals surface area contributed by atoms with Crippen molar-refractivity contribution in [3.63, 3.8) is 0 Å². The molecular formula is C29H44N2O5. The minimum Gasteiger partial charge on any atom is -0.481 e. The normalized spacial score (nSPS) is 43.1. The number of oxime groups is 1. The van der Waals surface area contributed by atoms with E-state index in [1.807, 2.05) is 0 Å². The van der Waals surface area contributed by atoms with Crippen LogP contribution in [0.2, 0.25) is 0 Å². The summed E-state index contributed by atoms with van der Waals surface area (Å²) in [4.78, 5) is 28.8. The van der Waals surface area contributed by atoms with Crippen LogP contribution in [-0.4, -0.2) is 47.1 Å². The van der Waals surface area contributed by atoms with Crippen molar-refractivity contribution in [2.45, 2.75) is 97.0 Å². The fourth-order valence-corrected chi connectivity index (χ4v) is 8.71. The Kier molecular flexibility index (Phi) is 7.23. The number of carboxylic acid groups (broad SMARTS) is 1. The van der Waals surface area contributed by atoms with E-state index in [4.69, 9.17) is 9.94 Å². The Morgan fingerprint density at radius 3 is 2.56 bits per heavy atom. The molecule has 0 radical (unpaired) electrons. The molecule has 4 fully saturated rings. The number of aliphatic hydroxyl groups excluding tert-OH is 1. The van der Waals surface area contributed by atoms with Crippen molar-refractivity contribution >= 4 is 17.6 Å². The monoisotopic (exact) mass is 500 g/mol. The quantitative estimate of drug-likeness (QED) is 0.459. The van der Waals surface area contributed by atoms with Crippen LogP contribution in [0.5, 0.6) is 0 Å². The van der Waals surface area contributed by atoms with E-state index in [9.17, 15) is 14.7 Å². The molecule has 1 amide bonds. The van der Waals surface area contributed by atoms with E-state index in [2.05, 4.69) is 30.4 Å². The van der Waals surface area contributed by atoms with Gasteiger partial charge in [-0.25, -0.2) is 0 Å². The predicted octanol–water partition coefficient (Wildman–Crippen LogP) is 4.69. The van der Waals surface area contributed by atoms with Gasteiger partial charge in [-0.05, 0) is 118 Å². The van der Waals surface area contributed by atoms with Crippen LogP contribution in [0.4, 0.5) is 0 Å². The van der Waals surface area contributed by atoms with Gasteiger partial charge in [0.25, 0.3) is 5.91 Å². The van der Waals surface area contributed by atoms with Crippen LogP contribution in [0.1, 0.15) is 90.9 Å². The lowest BCUT2D eigenvalue weighted by atomic mass is 9.47. The zero-order chi connectivity index (χ0) is 25.5. The van der Waals surface area contributed by atoms with Crippen molar-refractivity contribution in [2.24, 2.45) is 45.6 Å². The van der Waals surface area contributed by atoms with Crippen LogP contribution < -0.4 is 5.32 Å². The smallest absolute Gasteiger partial charge is 0.306 e. The van der Waals surface area contributed by atoms with Gasteiger partial charge in [-0.2, -0.15) is 0 Å². The van der Waals surface area contributed by atoms with Crippen LogP contribution in [0.3, 0.4) is 0 Å². The summed E-state index contributed by atoms with van der Waals surface area (Å²) in [5, 5.41) is 27.0. The summed E-state index contributed by atoms with van der Waals surface area (Å²) in [6.45, 7) is 5.29. The molecule has 0 aromatic heterocycles. The zero-order valence-corrected chi connectivity index (χ0v) is 22.0. The summed E-state index contributed by atoms with van der Waals surface area (Å²) in [6, 6.07) is 0. The van der Waals surface area contributed by atoms with Crippen LogP contribution >= 0.6 is 0 Å². The minimum absolute atomic E-state index is 0.0816. The zero-order valence-electron chi connectivity index (χ0n) is 22.0. The fraction of sp³-hybridized carbons (Fsp3) is 0.828. The highest BCUT2D eigenvalue weighted by molar-refractivity contribution is 5.96. The summed E-state index contributed by atoms with van der Waals surface area (Å²) < 4.78 is 0. The van der Waals surface area contributed by atoms with E-state index in [0.717, 1.165) is 56.6 Å². The number of fused-ring (bicyclic) bond motifs is 5. The van der Waals surface area contributed by atoms with Crippen LogP contribution in [0, 0.1) is 40.4 Å². The maximum atomic E-state index is 12.2. The van der Waals surface area contributed by atoms with Gasteiger partial charge in [-0.1, -0.05) is 24.6 Å². The Hall–Kier alpha value is -1.89. The second-order valence-corrected chi connectivity index (χ2v) is 12.9. The van der Waals surface area contributed by atoms with E-state index in [1.54, 1.807) is 0 Å². The molecular weight excluding hydrogens is 456 g/mol. The SMILES string of the molecule is C[C@]12CCC3C(CCC4=C/C(=N\OCC(=O)NCC5CCC(C(=O)O)CC5)CC[C@@]43C)C1CCC2O. The first-order valence-electron chi connectivity index (χ1n) is 14.3. The molecule has 5 aliphatic rings. The molecule has 5 aliphatic carbocycles. The third-order valence-corrected chi connectivity index (χ3v) is 11.1. The first-order valence-corrected chi connectivity index (χ1v) is 14.3. The number of nitrogens with zero attached hydrogens (tertiary/aromatic N) is 1. The molecule has 36 heavy (non-hydrogen) atoms. The van der Waals surface area contributed by atoms with Gasteiger partial charge in [-0.3, -0.25) is 9.59 Å². The average molecular weight is 501 g/mol. The van der Waals surface area contributed by atoms with Gasteiger partial charge in [0.1, 0.15) is 0 Å². The number of nitrogens with one attached hydrogen (secondary N) is 1. The topological polar surface area (TPSA) is 108 Å². The molecule has 0 aromatic rings. The Morgan fingerprint density at radius 2 is 1.81 bits per heavy atom. The standard InChI is InChI=1S/C29H44N2O5/c1-28-13-11-21(31-36-17-26(33)30-16-18-3-5-19(6-4-18)27(34)35)15-20(28)7-8-22-23-9-10-25(32)29(23,2)14-12-24(22)28/h15,18-19,22-25,32H,3-14,16-17H2,1-2H3,(H,30,33)(H,34,35)/b31-21-/t18?,19?,22?,23?,24?,25?,28-,29-/m0/s1. The van der Waals surface area contributed by atoms with Gasteiger partial charge in [0.15, 0.2) is 6.61 Å². The second-order valence-electron chi connectivity index (χ2n) is 12.9. The summed E-state index contributed by atoms with van der Waals surface area (Å²) in [5.41, 5.74) is 2.78. The van der Waals surface area contributed by atoms with Crippen molar-refractivity contribution in [1.82, 2.24) is 5.32 Å². The van der Waals surface area contributed by atoms with E-state index < -0.39 is 5.97 Å². The number of aliphatic hydroxyl groups is 1. The number of amides is 1. The third-order valence-electron chi connectivity index (χ3n) is 11.1. The molecule has 0 aromatic carbocycles. The summed E-state index contributed by atoms with van der Waals surface area (Å²) in [5.74, 6) is 1.32. The fourth-order valence-electron chi connectivity index (χ4n) is 8.71. The second kappa shape index (κ2) is 10.1. The number of carbonyl (C=O) groups is 2. The Balaban J connectivity index is 1.11. The molecule has 7 nitrogen and oxygen atoms in total. The Bertz CT molecular complexity index is 923. The highest BCUT2D eigenvalue weighted by Gasteiger charge is 2.58. The molecule has 7 heteroatoms. The molecule has 200 valence electrons. The van der Waals surface area contributed by atoms with Crippen molar-refractivity contribution in [1.29, 1.82) is 0 Å². The van der Waals surface area contributed by atoms with Gasteiger partial charge in [0, 0.05) is 6.54 Å². The van der Waals surface area contributed by atoms with Crippen LogP contribution in [0.15, 0.2) is 16.8 Å².